The van der Waals surface area contributed by atoms with Gasteiger partial charge in [-0.25, -0.2) is 9.59 Å². The summed E-state index contributed by atoms with van der Waals surface area (Å²) < 4.78 is 21.6. The van der Waals surface area contributed by atoms with E-state index >= 15 is 0 Å². The summed E-state index contributed by atoms with van der Waals surface area (Å²) in [4.78, 5) is 24.5. The van der Waals surface area contributed by atoms with E-state index in [1.54, 1.807) is 76.2 Å². The monoisotopic (exact) mass is 478 g/mol. The van der Waals surface area contributed by atoms with Crippen LogP contribution in [0.2, 0.25) is 10.0 Å². The molecule has 0 radical (unpaired) electrons. The molecular weight excluding hydrogens is 455 g/mol. The van der Waals surface area contributed by atoms with Gasteiger partial charge >= 0.3 is 11.9 Å². The highest BCUT2D eigenvalue weighted by molar-refractivity contribution is 6.30. The third-order valence-corrected chi connectivity index (χ3v) is 4.54. The molecule has 2 aromatic rings. The van der Waals surface area contributed by atoms with Crippen LogP contribution in [-0.4, -0.2) is 36.4 Å². The molecule has 0 aliphatic rings. The molecule has 32 heavy (non-hydrogen) atoms. The fourth-order valence-corrected chi connectivity index (χ4v) is 2.58. The largest absolute Gasteiger partial charge is 0.476 e. The van der Waals surface area contributed by atoms with Crippen molar-refractivity contribution in [1.29, 1.82) is 0 Å². The zero-order chi connectivity index (χ0) is 23.8. The Morgan fingerprint density at radius 3 is 1.31 bits per heavy atom. The zero-order valence-electron chi connectivity index (χ0n) is 18.2. The summed E-state index contributed by atoms with van der Waals surface area (Å²) in [5.74, 6) is 5.04. The van der Waals surface area contributed by atoms with Gasteiger partial charge in [0, 0.05) is 10.0 Å². The number of hydrogen-bond acceptors (Lipinski definition) is 6. The van der Waals surface area contributed by atoms with Crippen LogP contribution in [-0.2, 0) is 19.1 Å². The van der Waals surface area contributed by atoms with Crippen molar-refractivity contribution < 1.29 is 28.5 Å². The van der Waals surface area contributed by atoms with Gasteiger partial charge in [0.2, 0.25) is 0 Å². The minimum absolute atomic E-state index is 0.172. The van der Waals surface area contributed by atoms with Crippen LogP contribution in [0.5, 0.6) is 11.5 Å². The molecule has 0 bridgehead atoms. The number of carbonyl (C=O) groups is 2. The molecule has 0 atom stereocenters. The van der Waals surface area contributed by atoms with Gasteiger partial charge in [0.25, 0.3) is 0 Å². The van der Waals surface area contributed by atoms with Crippen molar-refractivity contribution in [2.75, 3.05) is 13.2 Å². The van der Waals surface area contributed by atoms with E-state index in [9.17, 15) is 9.59 Å². The van der Waals surface area contributed by atoms with Gasteiger partial charge in [-0.3, -0.25) is 0 Å². The molecule has 2 aromatic carbocycles. The molecule has 0 spiro atoms. The molecule has 170 valence electrons. The van der Waals surface area contributed by atoms with Gasteiger partial charge in [0.1, 0.15) is 11.5 Å². The first-order valence-corrected chi connectivity index (χ1v) is 10.4. The lowest BCUT2D eigenvalue weighted by atomic mass is 10.1. The molecule has 0 saturated carbocycles. The van der Waals surface area contributed by atoms with Gasteiger partial charge in [-0.15, -0.1) is 0 Å². The molecule has 0 unspecified atom stereocenters. The average Bonchev–Trinajstić information content (AvgIpc) is 2.73. The summed E-state index contributed by atoms with van der Waals surface area (Å²) in [7, 11) is 0. The number of halogens is 2. The Kier molecular flexibility index (Phi) is 8.82. The van der Waals surface area contributed by atoms with Crippen LogP contribution in [0.4, 0.5) is 0 Å². The molecule has 0 N–H and O–H groups in total. The predicted molar refractivity (Wildman–Crippen MR) is 122 cm³/mol. The number of carbonyl (C=O) groups excluding carboxylic acids is 2. The summed E-state index contributed by atoms with van der Waals surface area (Å²) in [6.45, 7) is 6.00. The van der Waals surface area contributed by atoms with E-state index in [0.29, 0.717) is 21.5 Å². The quantitative estimate of drug-likeness (QED) is 0.388. The SMILES string of the molecule is CC(C)(Oc1ccc(Cl)cc1)C(=O)OCC#CCOC(=O)C(C)(C)Oc1ccc(Cl)cc1. The van der Waals surface area contributed by atoms with E-state index in [1.807, 2.05) is 0 Å². The molecule has 0 fully saturated rings. The van der Waals surface area contributed by atoms with Gasteiger partial charge in [-0.2, -0.15) is 0 Å². The summed E-state index contributed by atoms with van der Waals surface area (Å²) >= 11 is 11.7. The minimum atomic E-state index is -1.22. The van der Waals surface area contributed by atoms with Crippen molar-refractivity contribution in [2.24, 2.45) is 0 Å². The van der Waals surface area contributed by atoms with Crippen LogP contribution in [0.1, 0.15) is 27.7 Å². The van der Waals surface area contributed by atoms with Crippen molar-refractivity contribution in [3.05, 3.63) is 58.6 Å². The number of benzene rings is 2. The molecule has 0 aliphatic heterocycles. The van der Waals surface area contributed by atoms with Crippen LogP contribution < -0.4 is 9.47 Å². The van der Waals surface area contributed by atoms with E-state index in [4.69, 9.17) is 42.1 Å². The lowest BCUT2D eigenvalue weighted by Gasteiger charge is -2.24. The van der Waals surface area contributed by atoms with Crippen molar-refractivity contribution in [3.63, 3.8) is 0 Å². The second-order valence-electron chi connectivity index (χ2n) is 7.64. The zero-order valence-corrected chi connectivity index (χ0v) is 19.8. The van der Waals surface area contributed by atoms with Crippen molar-refractivity contribution in [1.82, 2.24) is 0 Å². The highest BCUT2D eigenvalue weighted by atomic mass is 35.5. The molecule has 0 aliphatic carbocycles. The Balaban J connectivity index is 1.76. The fourth-order valence-electron chi connectivity index (χ4n) is 2.33. The van der Waals surface area contributed by atoms with E-state index < -0.39 is 23.1 Å². The number of esters is 2. The topological polar surface area (TPSA) is 71.1 Å². The first kappa shape index (κ1) is 25.4. The van der Waals surface area contributed by atoms with E-state index in [0.717, 1.165) is 0 Å². The Bertz CT molecular complexity index is 906. The molecule has 6 nitrogen and oxygen atoms in total. The Labute approximate surface area is 197 Å². The maximum absolute atomic E-state index is 12.3. The van der Waals surface area contributed by atoms with Crippen molar-refractivity contribution in [2.45, 2.75) is 38.9 Å². The predicted octanol–water partition coefficient (Wildman–Crippen LogP) is 5.10. The fraction of sp³-hybridized carbons (Fsp3) is 0.333. The van der Waals surface area contributed by atoms with Gasteiger partial charge in [0.15, 0.2) is 24.4 Å². The summed E-state index contributed by atoms with van der Waals surface area (Å²) in [5, 5.41) is 1.13. The Hall–Kier alpha value is -2.88. The second kappa shape index (κ2) is 11.1. The van der Waals surface area contributed by atoms with Crippen LogP contribution in [0.25, 0.3) is 0 Å². The van der Waals surface area contributed by atoms with Gasteiger partial charge < -0.3 is 18.9 Å². The summed E-state index contributed by atoms with van der Waals surface area (Å²) in [6, 6.07) is 13.3. The van der Waals surface area contributed by atoms with E-state index in [1.165, 1.54) is 0 Å². The highest BCUT2D eigenvalue weighted by Gasteiger charge is 2.32. The Morgan fingerprint density at radius 2 is 1.00 bits per heavy atom. The molecular formula is C24H24Cl2O6. The van der Waals surface area contributed by atoms with Gasteiger partial charge in [-0.05, 0) is 76.2 Å². The van der Waals surface area contributed by atoms with Crippen molar-refractivity contribution >= 4 is 35.1 Å². The standard InChI is InChI=1S/C24H24Cl2O6/c1-23(2,31-19-11-7-17(25)8-12-19)21(27)29-15-5-6-16-30-22(28)24(3,4)32-20-13-9-18(26)10-14-20/h7-14H,15-16H2,1-4H3. The first-order valence-electron chi connectivity index (χ1n) is 9.69. The van der Waals surface area contributed by atoms with Gasteiger partial charge in [0.05, 0.1) is 0 Å². The van der Waals surface area contributed by atoms with Crippen LogP contribution in [0, 0.1) is 11.8 Å². The number of rotatable bonds is 8. The highest BCUT2D eigenvalue weighted by Crippen LogP contribution is 2.22. The number of hydrogen-bond donors (Lipinski definition) is 0. The summed E-state index contributed by atoms with van der Waals surface area (Å²) in [6.07, 6.45) is 0. The molecule has 8 heteroatoms. The molecule has 0 heterocycles. The first-order chi connectivity index (χ1) is 15.0. The molecule has 0 saturated heterocycles. The van der Waals surface area contributed by atoms with Gasteiger partial charge in [-0.1, -0.05) is 35.0 Å². The normalized spacial score (nSPS) is 11.1. The lowest BCUT2D eigenvalue weighted by Crippen LogP contribution is -2.40. The second-order valence-corrected chi connectivity index (χ2v) is 8.51. The van der Waals surface area contributed by atoms with E-state index in [2.05, 4.69) is 11.8 Å². The van der Waals surface area contributed by atoms with Crippen molar-refractivity contribution in [3.8, 4) is 23.3 Å². The average molecular weight is 479 g/mol. The molecule has 2 rings (SSSR count). The maximum atomic E-state index is 12.3. The van der Waals surface area contributed by atoms with Crippen LogP contribution >= 0.6 is 23.2 Å². The smallest absolute Gasteiger partial charge is 0.350 e. The number of ether oxygens (including phenoxy) is 4. The third kappa shape index (κ3) is 7.99. The maximum Gasteiger partial charge on any atom is 0.350 e. The van der Waals surface area contributed by atoms with Crippen LogP contribution in [0.3, 0.4) is 0 Å². The lowest BCUT2D eigenvalue weighted by molar-refractivity contribution is -0.158. The minimum Gasteiger partial charge on any atom is -0.476 e. The van der Waals surface area contributed by atoms with E-state index in [-0.39, 0.29) is 13.2 Å². The molecule has 0 amide bonds. The summed E-state index contributed by atoms with van der Waals surface area (Å²) in [5.41, 5.74) is -2.43. The Morgan fingerprint density at radius 1 is 0.688 bits per heavy atom. The third-order valence-electron chi connectivity index (χ3n) is 4.03. The molecule has 0 aromatic heterocycles. The van der Waals surface area contributed by atoms with Crippen LogP contribution in [0.15, 0.2) is 48.5 Å².